The van der Waals surface area contributed by atoms with Gasteiger partial charge < -0.3 is 0 Å². The lowest BCUT2D eigenvalue weighted by Gasteiger charge is -2.10. The Labute approximate surface area is 85.1 Å². The zero-order valence-electron chi connectivity index (χ0n) is 7.52. The molecule has 0 fully saturated rings. The molecule has 1 aromatic rings. The average molecular weight is 249 g/mol. The van der Waals surface area contributed by atoms with Crippen molar-refractivity contribution < 1.29 is 8.78 Å². The number of rotatable bonds is 2. The molecule has 0 bridgehead atoms. The maximum atomic E-state index is 12.7. The van der Waals surface area contributed by atoms with E-state index in [-0.39, 0.29) is 5.56 Å². The lowest BCUT2D eigenvalue weighted by Crippen LogP contribution is -2.02. The van der Waals surface area contributed by atoms with Gasteiger partial charge >= 0.3 is 4.83 Å². The van der Waals surface area contributed by atoms with Crippen LogP contribution in [0.2, 0.25) is 0 Å². The summed E-state index contributed by atoms with van der Waals surface area (Å²) in [6.07, 6.45) is 0. The first-order chi connectivity index (χ1) is 5.91. The molecule has 0 saturated carbocycles. The summed E-state index contributed by atoms with van der Waals surface area (Å²) >= 11 is 2.31. The fraction of sp³-hybridized carbons (Fsp3) is 0.400. The van der Waals surface area contributed by atoms with Gasteiger partial charge in [0.25, 0.3) is 0 Å². The van der Waals surface area contributed by atoms with Crippen LogP contribution < -0.4 is 0 Å². The molecule has 0 saturated heterocycles. The fourth-order valence-corrected chi connectivity index (χ4v) is 1.32. The Kier molecular flexibility index (Phi) is 3.06. The third-order valence-electron chi connectivity index (χ3n) is 1.90. The Bertz CT molecular complexity index is 272. The predicted molar refractivity (Wildman–Crippen MR) is 53.4 cm³/mol. The summed E-state index contributed by atoms with van der Waals surface area (Å²) in [5.74, 6) is 0.373. The molecule has 0 N–H and O–H groups in total. The molecule has 0 amide bonds. The molecule has 13 heavy (non-hydrogen) atoms. The molecule has 0 aliphatic heterocycles. The Balaban J connectivity index is 2.94. The predicted octanol–water partition coefficient (Wildman–Crippen LogP) is 4.25. The van der Waals surface area contributed by atoms with E-state index >= 15 is 0 Å². The molecule has 3 heteroatoms. The van der Waals surface area contributed by atoms with Gasteiger partial charge in [0.15, 0.2) is 0 Å². The zero-order valence-corrected chi connectivity index (χ0v) is 9.11. The van der Waals surface area contributed by atoms with Crippen LogP contribution in [-0.2, 0) is 4.83 Å². The topological polar surface area (TPSA) is 0 Å². The Morgan fingerprint density at radius 2 is 1.62 bits per heavy atom. The minimum Gasteiger partial charge on any atom is -0.188 e. The van der Waals surface area contributed by atoms with Crippen LogP contribution in [0.5, 0.6) is 0 Å². The number of alkyl halides is 3. The Morgan fingerprint density at radius 3 is 1.92 bits per heavy atom. The summed E-state index contributed by atoms with van der Waals surface area (Å²) in [6.45, 7) is 4.06. The van der Waals surface area contributed by atoms with Gasteiger partial charge in [-0.05, 0) is 27.4 Å². The van der Waals surface area contributed by atoms with Crippen molar-refractivity contribution in [2.24, 2.45) is 0 Å². The van der Waals surface area contributed by atoms with Gasteiger partial charge in [0.2, 0.25) is 0 Å². The molecule has 1 rings (SSSR count). The van der Waals surface area contributed by atoms with Crippen molar-refractivity contribution in [2.45, 2.75) is 24.6 Å². The maximum Gasteiger partial charge on any atom is 0.326 e. The summed E-state index contributed by atoms with van der Waals surface area (Å²) < 4.78 is 25.4. The summed E-state index contributed by atoms with van der Waals surface area (Å²) in [7, 11) is 0. The second-order valence-corrected chi connectivity index (χ2v) is 4.27. The van der Waals surface area contributed by atoms with Crippen LogP contribution in [0.25, 0.3) is 0 Å². The van der Waals surface area contributed by atoms with Crippen LogP contribution in [0, 0.1) is 0 Å². The van der Waals surface area contributed by atoms with Crippen molar-refractivity contribution in [3.63, 3.8) is 0 Å². The highest BCUT2D eigenvalue weighted by Gasteiger charge is 2.26. The highest BCUT2D eigenvalue weighted by atomic mass is 79.9. The van der Waals surface area contributed by atoms with E-state index in [1.807, 2.05) is 13.8 Å². The van der Waals surface area contributed by atoms with E-state index in [1.165, 1.54) is 12.1 Å². The molecular weight excluding hydrogens is 238 g/mol. The molecular formula is C10H11BrF2. The highest BCUT2D eigenvalue weighted by Crippen LogP contribution is 2.34. The third kappa shape index (κ3) is 2.76. The van der Waals surface area contributed by atoms with Crippen LogP contribution in [0.4, 0.5) is 8.78 Å². The number of hydrogen-bond donors (Lipinski definition) is 0. The van der Waals surface area contributed by atoms with Crippen molar-refractivity contribution in [3.05, 3.63) is 35.4 Å². The largest absolute Gasteiger partial charge is 0.326 e. The van der Waals surface area contributed by atoms with E-state index in [2.05, 4.69) is 15.9 Å². The van der Waals surface area contributed by atoms with Crippen LogP contribution in [-0.4, -0.2) is 0 Å². The van der Waals surface area contributed by atoms with Crippen molar-refractivity contribution >= 4 is 15.9 Å². The SMILES string of the molecule is CC(C)c1ccc(C(F)(F)Br)cc1. The minimum atomic E-state index is -2.91. The maximum absolute atomic E-state index is 12.7. The summed E-state index contributed by atoms with van der Waals surface area (Å²) in [5, 5.41) is 0. The van der Waals surface area contributed by atoms with Crippen molar-refractivity contribution in [2.75, 3.05) is 0 Å². The Hall–Kier alpha value is -0.440. The molecule has 0 aromatic heterocycles. The van der Waals surface area contributed by atoms with Gasteiger partial charge in [0.05, 0.1) is 0 Å². The first-order valence-electron chi connectivity index (χ1n) is 4.08. The summed E-state index contributed by atoms with van der Waals surface area (Å²) in [5.41, 5.74) is 1.07. The van der Waals surface area contributed by atoms with Gasteiger partial charge in [-0.3, -0.25) is 0 Å². The zero-order chi connectivity index (χ0) is 10.1. The number of benzene rings is 1. The summed E-state index contributed by atoms with van der Waals surface area (Å²) in [4.78, 5) is -2.91. The quantitative estimate of drug-likeness (QED) is 0.687. The summed E-state index contributed by atoms with van der Waals surface area (Å²) in [6, 6.07) is 6.36. The molecule has 0 atom stereocenters. The third-order valence-corrected chi connectivity index (χ3v) is 2.36. The van der Waals surface area contributed by atoms with E-state index in [0.717, 1.165) is 5.56 Å². The van der Waals surface area contributed by atoms with Crippen LogP contribution in [0.15, 0.2) is 24.3 Å². The molecule has 0 spiro atoms. The van der Waals surface area contributed by atoms with Gasteiger partial charge in [-0.1, -0.05) is 38.1 Å². The lowest BCUT2D eigenvalue weighted by molar-refractivity contribution is 0.114. The molecule has 72 valence electrons. The molecule has 1 aromatic carbocycles. The van der Waals surface area contributed by atoms with Gasteiger partial charge in [0.1, 0.15) is 0 Å². The first-order valence-corrected chi connectivity index (χ1v) is 4.87. The molecule has 0 nitrogen and oxygen atoms in total. The second-order valence-electron chi connectivity index (χ2n) is 3.27. The Morgan fingerprint density at radius 1 is 1.15 bits per heavy atom. The van der Waals surface area contributed by atoms with Gasteiger partial charge in [-0.15, -0.1) is 0 Å². The number of hydrogen-bond acceptors (Lipinski definition) is 0. The normalized spacial score (nSPS) is 12.2. The molecule has 0 aliphatic rings. The van der Waals surface area contributed by atoms with Crippen LogP contribution >= 0.6 is 15.9 Å². The van der Waals surface area contributed by atoms with Crippen molar-refractivity contribution in [1.29, 1.82) is 0 Å². The molecule has 0 aliphatic carbocycles. The van der Waals surface area contributed by atoms with Gasteiger partial charge in [-0.2, -0.15) is 8.78 Å². The van der Waals surface area contributed by atoms with E-state index in [9.17, 15) is 8.78 Å². The standard InChI is InChI=1S/C10H11BrF2/c1-7(2)8-3-5-9(6-4-8)10(11,12)13/h3-7H,1-2H3. The van der Waals surface area contributed by atoms with E-state index < -0.39 is 4.83 Å². The highest BCUT2D eigenvalue weighted by molar-refractivity contribution is 9.09. The van der Waals surface area contributed by atoms with Gasteiger partial charge in [-0.25, -0.2) is 0 Å². The first kappa shape index (κ1) is 10.6. The van der Waals surface area contributed by atoms with E-state index in [4.69, 9.17) is 0 Å². The van der Waals surface area contributed by atoms with Crippen LogP contribution in [0.1, 0.15) is 30.9 Å². The van der Waals surface area contributed by atoms with Crippen LogP contribution in [0.3, 0.4) is 0 Å². The van der Waals surface area contributed by atoms with Crippen molar-refractivity contribution in [3.8, 4) is 0 Å². The van der Waals surface area contributed by atoms with E-state index in [1.54, 1.807) is 12.1 Å². The lowest BCUT2D eigenvalue weighted by atomic mass is 10.0. The molecule has 0 unspecified atom stereocenters. The molecule has 0 heterocycles. The fourth-order valence-electron chi connectivity index (χ4n) is 1.06. The number of halogens is 3. The minimum absolute atomic E-state index is 0.00287. The van der Waals surface area contributed by atoms with Crippen molar-refractivity contribution in [1.82, 2.24) is 0 Å². The second kappa shape index (κ2) is 3.74. The molecule has 0 radical (unpaired) electrons. The smallest absolute Gasteiger partial charge is 0.188 e. The monoisotopic (exact) mass is 248 g/mol. The average Bonchev–Trinajstić information content (AvgIpc) is 2.03. The van der Waals surface area contributed by atoms with Gasteiger partial charge in [0, 0.05) is 5.56 Å². The van der Waals surface area contributed by atoms with E-state index in [0.29, 0.717) is 5.92 Å².